The fourth-order valence-electron chi connectivity index (χ4n) is 2.02. The Kier molecular flexibility index (Phi) is 2.64. The minimum atomic E-state index is -0.455. The summed E-state index contributed by atoms with van der Waals surface area (Å²) in [5.74, 6) is 0.0755. The highest BCUT2D eigenvalue weighted by Crippen LogP contribution is 2.32. The number of hydrogen-bond donors (Lipinski definition) is 0. The van der Waals surface area contributed by atoms with Gasteiger partial charge < -0.3 is 9.47 Å². The van der Waals surface area contributed by atoms with Crippen molar-refractivity contribution >= 4 is 11.8 Å². The highest BCUT2D eigenvalue weighted by molar-refractivity contribution is 6.05. The fraction of sp³-hybridized carbons (Fsp3) is 0.333. The van der Waals surface area contributed by atoms with Crippen LogP contribution in [-0.2, 0) is 11.2 Å². The molecule has 84 valence electrons. The first-order valence-corrected chi connectivity index (χ1v) is 5.00. The van der Waals surface area contributed by atoms with Crippen LogP contribution in [0.2, 0.25) is 0 Å². The molecule has 1 aliphatic carbocycles. The Morgan fingerprint density at radius 1 is 1.25 bits per heavy atom. The van der Waals surface area contributed by atoms with E-state index in [2.05, 4.69) is 0 Å². The number of ether oxygens (including phenoxy) is 2. The minimum absolute atomic E-state index is 0.0720. The number of carbonyl (C=O) groups excluding carboxylic acids is 2. The van der Waals surface area contributed by atoms with E-state index in [0.29, 0.717) is 29.7 Å². The van der Waals surface area contributed by atoms with Crippen molar-refractivity contribution in [3.63, 3.8) is 0 Å². The van der Waals surface area contributed by atoms with E-state index in [1.165, 1.54) is 14.2 Å². The quantitative estimate of drug-likeness (QED) is 0.710. The molecule has 0 amide bonds. The van der Waals surface area contributed by atoms with E-state index in [-0.39, 0.29) is 5.78 Å². The predicted molar refractivity (Wildman–Crippen MR) is 57.0 cm³/mol. The molecule has 0 atom stereocenters. The van der Waals surface area contributed by atoms with E-state index < -0.39 is 5.97 Å². The molecule has 0 saturated heterocycles. The van der Waals surface area contributed by atoms with Crippen molar-refractivity contribution in [2.45, 2.75) is 12.8 Å². The van der Waals surface area contributed by atoms with Gasteiger partial charge in [-0.05, 0) is 24.1 Å². The van der Waals surface area contributed by atoms with Gasteiger partial charge in [0.15, 0.2) is 5.78 Å². The lowest BCUT2D eigenvalue weighted by Crippen LogP contribution is -2.08. The van der Waals surface area contributed by atoms with Gasteiger partial charge in [0.2, 0.25) is 0 Å². The van der Waals surface area contributed by atoms with Crippen LogP contribution in [0.4, 0.5) is 0 Å². The standard InChI is InChI=1S/C12H12O4/c1-15-10-6-4-7-8(3-5-9(7)13)11(10)12(14)16-2/h4,6H,3,5H2,1-2H3. The SMILES string of the molecule is COC(=O)c1c(OC)ccc2c1CCC2=O. The summed E-state index contributed by atoms with van der Waals surface area (Å²) in [6.07, 6.45) is 1.03. The average molecular weight is 220 g/mol. The lowest BCUT2D eigenvalue weighted by Gasteiger charge is -2.10. The summed E-state index contributed by atoms with van der Waals surface area (Å²) in [6.45, 7) is 0. The van der Waals surface area contributed by atoms with Gasteiger partial charge in [-0.1, -0.05) is 0 Å². The molecular weight excluding hydrogens is 208 g/mol. The van der Waals surface area contributed by atoms with Crippen molar-refractivity contribution in [2.24, 2.45) is 0 Å². The van der Waals surface area contributed by atoms with Crippen LogP contribution in [0.25, 0.3) is 0 Å². The van der Waals surface area contributed by atoms with E-state index in [1.54, 1.807) is 12.1 Å². The Morgan fingerprint density at radius 2 is 2.00 bits per heavy atom. The van der Waals surface area contributed by atoms with Gasteiger partial charge in [-0.3, -0.25) is 4.79 Å². The third-order valence-electron chi connectivity index (χ3n) is 2.79. The maximum Gasteiger partial charge on any atom is 0.341 e. The molecule has 0 unspecified atom stereocenters. The molecule has 0 radical (unpaired) electrons. The molecular formula is C12H12O4. The van der Waals surface area contributed by atoms with E-state index >= 15 is 0 Å². The molecule has 0 bridgehead atoms. The van der Waals surface area contributed by atoms with E-state index in [4.69, 9.17) is 9.47 Å². The predicted octanol–water partition coefficient (Wildman–Crippen LogP) is 1.61. The summed E-state index contributed by atoms with van der Waals surface area (Å²) in [4.78, 5) is 23.2. The number of Topliss-reactive ketones (excluding diaryl/α,β-unsaturated/α-hetero) is 1. The molecule has 0 aliphatic heterocycles. The summed E-state index contributed by atoms with van der Waals surface area (Å²) in [5.41, 5.74) is 1.74. The molecule has 4 nitrogen and oxygen atoms in total. The zero-order valence-electron chi connectivity index (χ0n) is 9.20. The van der Waals surface area contributed by atoms with Crippen LogP contribution < -0.4 is 4.74 Å². The number of fused-ring (bicyclic) bond motifs is 1. The Balaban J connectivity index is 2.63. The van der Waals surface area contributed by atoms with Crippen LogP contribution in [0.5, 0.6) is 5.75 Å². The monoisotopic (exact) mass is 220 g/mol. The number of hydrogen-bond acceptors (Lipinski definition) is 4. The summed E-state index contributed by atoms with van der Waals surface area (Å²) in [7, 11) is 2.81. The molecule has 0 aromatic heterocycles. The van der Waals surface area contributed by atoms with Gasteiger partial charge in [0.1, 0.15) is 11.3 Å². The van der Waals surface area contributed by atoms with Crippen molar-refractivity contribution in [3.05, 3.63) is 28.8 Å². The largest absolute Gasteiger partial charge is 0.496 e. The second kappa shape index (κ2) is 3.96. The topological polar surface area (TPSA) is 52.6 Å². The van der Waals surface area contributed by atoms with Crippen molar-refractivity contribution in [3.8, 4) is 5.75 Å². The van der Waals surface area contributed by atoms with E-state index in [1.807, 2.05) is 0 Å². The van der Waals surface area contributed by atoms with Gasteiger partial charge in [-0.15, -0.1) is 0 Å². The normalized spacial score (nSPS) is 13.5. The maximum atomic E-state index is 11.6. The van der Waals surface area contributed by atoms with Crippen molar-refractivity contribution in [1.82, 2.24) is 0 Å². The number of esters is 1. The van der Waals surface area contributed by atoms with Gasteiger partial charge in [0.25, 0.3) is 0 Å². The average Bonchev–Trinajstić information content (AvgIpc) is 2.69. The first kappa shape index (κ1) is 10.7. The van der Waals surface area contributed by atoms with Crippen LogP contribution in [0.1, 0.15) is 32.7 Å². The summed E-state index contributed by atoms with van der Waals surface area (Å²) in [5, 5.41) is 0. The summed E-state index contributed by atoms with van der Waals surface area (Å²) >= 11 is 0. The van der Waals surface area contributed by atoms with Crippen molar-refractivity contribution in [2.75, 3.05) is 14.2 Å². The molecule has 1 aromatic carbocycles. The number of benzene rings is 1. The molecule has 0 fully saturated rings. The first-order chi connectivity index (χ1) is 7.69. The number of ketones is 1. The Morgan fingerprint density at radius 3 is 2.62 bits per heavy atom. The molecule has 4 heteroatoms. The van der Waals surface area contributed by atoms with Gasteiger partial charge in [0.05, 0.1) is 14.2 Å². The van der Waals surface area contributed by atoms with Crippen molar-refractivity contribution < 1.29 is 19.1 Å². The lowest BCUT2D eigenvalue weighted by molar-refractivity contribution is 0.0596. The van der Waals surface area contributed by atoms with Gasteiger partial charge >= 0.3 is 5.97 Å². The molecule has 0 saturated carbocycles. The van der Waals surface area contributed by atoms with Crippen molar-refractivity contribution in [1.29, 1.82) is 0 Å². The van der Waals surface area contributed by atoms with Crippen LogP contribution in [0.15, 0.2) is 12.1 Å². The van der Waals surface area contributed by atoms with Gasteiger partial charge in [0, 0.05) is 12.0 Å². The smallest absolute Gasteiger partial charge is 0.341 e. The van der Waals surface area contributed by atoms with E-state index in [9.17, 15) is 9.59 Å². The first-order valence-electron chi connectivity index (χ1n) is 5.00. The molecule has 0 N–H and O–H groups in total. The number of methoxy groups -OCH3 is 2. The van der Waals surface area contributed by atoms with Crippen LogP contribution in [0, 0.1) is 0 Å². The Labute approximate surface area is 93.2 Å². The molecule has 0 heterocycles. The Bertz CT molecular complexity index is 462. The minimum Gasteiger partial charge on any atom is -0.496 e. The molecule has 1 aromatic rings. The zero-order chi connectivity index (χ0) is 11.7. The van der Waals surface area contributed by atoms with Crippen LogP contribution >= 0.6 is 0 Å². The number of rotatable bonds is 2. The third-order valence-corrected chi connectivity index (χ3v) is 2.79. The molecule has 1 aliphatic rings. The second-order valence-corrected chi connectivity index (χ2v) is 3.58. The molecule has 0 spiro atoms. The van der Waals surface area contributed by atoms with Gasteiger partial charge in [-0.2, -0.15) is 0 Å². The van der Waals surface area contributed by atoms with Crippen LogP contribution in [0.3, 0.4) is 0 Å². The fourth-order valence-corrected chi connectivity index (χ4v) is 2.02. The Hall–Kier alpha value is -1.84. The third kappa shape index (κ3) is 1.46. The van der Waals surface area contributed by atoms with Gasteiger partial charge in [-0.25, -0.2) is 4.79 Å². The molecule has 16 heavy (non-hydrogen) atoms. The lowest BCUT2D eigenvalue weighted by atomic mass is 10.0. The summed E-state index contributed by atoms with van der Waals surface area (Å²) in [6, 6.07) is 3.34. The summed E-state index contributed by atoms with van der Waals surface area (Å²) < 4.78 is 9.83. The second-order valence-electron chi connectivity index (χ2n) is 3.58. The highest BCUT2D eigenvalue weighted by atomic mass is 16.5. The zero-order valence-corrected chi connectivity index (χ0v) is 9.20. The molecule has 2 rings (SSSR count). The number of carbonyl (C=O) groups is 2. The highest BCUT2D eigenvalue weighted by Gasteiger charge is 2.28. The van der Waals surface area contributed by atoms with E-state index in [0.717, 1.165) is 5.56 Å². The maximum absolute atomic E-state index is 11.6. The van der Waals surface area contributed by atoms with Crippen LogP contribution in [-0.4, -0.2) is 26.0 Å².